The predicted molar refractivity (Wildman–Crippen MR) is 110 cm³/mol. The minimum absolute atomic E-state index is 0.0188. The largest absolute Gasteiger partial charge is 0.494 e. The highest BCUT2D eigenvalue weighted by molar-refractivity contribution is 5.74. The first-order chi connectivity index (χ1) is 13.7. The number of ether oxygens (including phenoxy) is 2. The van der Waals surface area contributed by atoms with Crippen molar-refractivity contribution in [3.05, 3.63) is 60.2 Å². The molecular weight excluding hydrogens is 354 g/mol. The molecule has 0 aromatic heterocycles. The van der Waals surface area contributed by atoms with Crippen molar-refractivity contribution in [2.24, 2.45) is 0 Å². The van der Waals surface area contributed by atoms with Gasteiger partial charge in [0.25, 0.3) is 0 Å². The first-order valence-corrected chi connectivity index (χ1v) is 9.89. The zero-order valence-electron chi connectivity index (χ0n) is 16.5. The zero-order chi connectivity index (χ0) is 19.6. The molecule has 2 amide bonds. The van der Waals surface area contributed by atoms with Gasteiger partial charge in [0.1, 0.15) is 18.1 Å². The summed E-state index contributed by atoms with van der Waals surface area (Å²) in [6.07, 6.45) is 0. The molecule has 0 radical (unpaired) electrons. The number of piperazine rings is 1. The van der Waals surface area contributed by atoms with Crippen LogP contribution in [0.4, 0.5) is 4.79 Å². The summed E-state index contributed by atoms with van der Waals surface area (Å²) in [6.45, 7) is 7.74. The van der Waals surface area contributed by atoms with Crippen LogP contribution in [0.3, 0.4) is 0 Å². The van der Waals surface area contributed by atoms with E-state index in [1.807, 2.05) is 42.2 Å². The molecular formula is C22H29N3O3. The molecule has 1 aliphatic rings. The number of carbonyl (C=O) groups excluding carboxylic acids is 1. The fourth-order valence-electron chi connectivity index (χ4n) is 3.19. The highest BCUT2D eigenvalue weighted by Gasteiger charge is 2.20. The van der Waals surface area contributed by atoms with Crippen LogP contribution in [-0.4, -0.2) is 61.8 Å². The van der Waals surface area contributed by atoms with E-state index in [2.05, 4.69) is 34.5 Å². The summed E-state index contributed by atoms with van der Waals surface area (Å²) in [5.74, 6) is 1.60. The highest BCUT2D eigenvalue weighted by Crippen LogP contribution is 2.17. The highest BCUT2D eigenvalue weighted by atomic mass is 16.5. The fourth-order valence-corrected chi connectivity index (χ4v) is 3.19. The van der Waals surface area contributed by atoms with Crippen LogP contribution in [0.5, 0.6) is 11.5 Å². The van der Waals surface area contributed by atoms with Crippen molar-refractivity contribution >= 4 is 6.03 Å². The number of nitrogens with zero attached hydrogens (tertiary/aromatic N) is 2. The molecule has 28 heavy (non-hydrogen) atoms. The molecule has 6 heteroatoms. The molecule has 2 aromatic carbocycles. The summed E-state index contributed by atoms with van der Waals surface area (Å²) in [4.78, 5) is 16.6. The maximum absolute atomic E-state index is 12.3. The van der Waals surface area contributed by atoms with E-state index in [0.717, 1.165) is 44.2 Å². The number of benzene rings is 2. The van der Waals surface area contributed by atoms with Gasteiger partial charge in [-0.25, -0.2) is 4.79 Å². The maximum atomic E-state index is 12.3. The molecule has 0 unspecified atom stereocenters. The van der Waals surface area contributed by atoms with Gasteiger partial charge in [0.2, 0.25) is 0 Å². The van der Waals surface area contributed by atoms with Gasteiger partial charge in [0.15, 0.2) is 0 Å². The van der Waals surface area contributed by atoms with Gasteiger partial charge in [-0.2, -0.15) is 0 Å². The second kappa shape index (κ2) is 10.6. The average Bonchev–Trinajstić information content (AvgIpc) is 2.74. The first-order valence-electron chi connectivity index (χ1n) is 9.89. The molecule has 2 aromatic rings. The quantitative estimate of drug-likeness (QED) is 0.712. The van der Waals surface area contributed by atoms with Crippen LogP contribution < -0.4 is 14.8 Å². The van der Waals surface area contributed by atoms with Crippen molar-refractivity contribution in [1.82, 2.24) is 15.1 Å². The van der Waals surface area contributed by atoms with Gasteiger partial charge in [0, 0.05) is 32.7 Å². The van der Waals surface area contributed by atoms with Crippen LogP contribution >= 0.6 is 0 Å². The molecule has 0 atom stereocenters. The lowest BCUT2D eigenvalue weighted by Gasteiger charge is -2.34. The average molecular weight is 383 g/mol. The number of nitrogens with one attached hydrogen (secondary N) is 1. The molecule has 150 valence electrons. The molecule has 0 saturated carbocycles. The van der Waals surface area contributed by atoms with Gasteiger partial charge in [-0.3, -0.25) is 4.90 Å². The Morgan fingerprint density at radius 2 is 1.57 bits per heavy atom. The van der Waals surface area contributed by atoms with Crippen molar-refractivity contribution in [2.75, 3.05) is 45.9 Å². The van der Waals surface area contributed by atoms with Gasteiger partial charge in [0.05, 0.1) is 13.2 Å². The SMILES string of the molecule is CCOc1ccc(OCCNC(=O)N2CCN(Cc3ccccc3)CC2)cc1. The number of hydrogen-bond acceptors (Lipinski definition) is 4. The van der Waals surface area contributed by atoms with Crippen LogP contribution in [0.2, 0.25) is 0 Å². The van der Waals surface area contributed by atoms with Gasteiger partial charge in [-0.05, 0) is 36.8 Å². The molecule has 0 aliphatic carbocycles. The van der Waals surface area contributed by atoms with Crippen LogP contribution in [0.1, 0.15) is 12.5 Å². The van der Waals surface area contributed by atoms with E-state index in [-0.39, 0.29) is 6.03 Å². The Morgan fingerprint density at radius 3 is 2.21 bits per heavy atom. The minimum Gasteiger partial charge on any atom is -0.494 e. The maximum Gasteiger partial charge on any atom is 0.317 e. The third kappa shape index (κ3) is 6.16. The van der Waals surface area contributed by atoms with E-state index in [1.54, 1.807) is 0 Å². The summed E-state index contributed by atoms with van der Waals surface area (Å²) < 4.78 is 11.1. The van der Waals surface area contributed by atoms with Crippen LogP contribution in [0.25, 0.3) is 0 Å². The minimum atomic E-state index is -0.0188. The molecule has 1 N–H and O–H groups in total. The van der Waals surface area contributed by atoms with E-state index in [0.29, 0.717) is 19.8 Å². The zero-order valence-corrected chi connectivity index (χ0v) is 16.5. The smallest absolute Gasteiger partial charge is 0.317 e. The molecule has 1 aliphatic heterocycles. The van der Waals surface area contributed by atoms with Crippen molar-refractivity contribution < 1.29 is 14.3 Å². The Balaban J connectivity index is 1.31. The van der Waals surface area contributed by atoms with Crippen molar-refractivity contribution in [3.63, 3.8) is 0 Å². The Bertz CT molecular complexity index is 714. The van der Waals surface area contributed by atoms with E-state index in [1.165, 1.54) is 5.56 Å². The topological polar surface area (TPSA) is 54.0 Å². The van der Waals surface area contributed by atoms with Crippen molar-refractivity contribution in [2.45, 2.75) is 13.5 Å². The van der Waals surface area contributed by atoms with Crippen molar-refractivity contribution in [3.8, 4) is 11.5 Å². The molecule has 0 spiro atoms. The Morgan fingerprint density at radius 1 is 0.929 bits per heavy atom. The predicted octanol–water partition coefficient (Wildman–Crippen LogP) is 2.99. The fraction of sp³-hybridized carbons (Fsp3) is 0.409. The number of rotatable bonds is 8. The summed E-state index contributed by atoms with van der Waals surface area (Å²) in [7, 11) is 0. The van der Waals surface area contributed by atoms with E-state index in [9.17, 15) is 4.79 Å². The normalized spacial score (nSPS) is 14.5. The first kappa shape index (κ1) is 20.0. The Hall–Kier alpha value is -2.73. The number of carbonyl (C=O) groups is 1. The monoisotopic (exact) mass is 383 g/mol. The van der Waals surface area contributed by atoms with Gasteiger partial charge in [-0.1, -0.05) is 30.3 Å². The third-order valence-corrected chi connectivity index (χ3v) is 4.69. The number of urea groups is 1. The van der Waals surface area contributed by atoms with Crippen LogP contribution in [0.15, 0.2) is 54.6 Å². The summed E-state index contributed by atoms with van der Waals surface area (Å²) in [5, 5.41) is 2.94. The molecule has 6 nitrogen and oxygen atoms in total. The van der Waals surface area contributed by atoms with Gasteiger partial charge >= 0.3 is 6.03 Å². The van der Waals surface area contributed by atoms with E-state index in [4.69, 9.17) is 9.47 Å². The van der Waals surface area contributed by atoms with Gasteiger partial charge in [-0.15, -0.1) is 0 Å². The Labute approximate surface area is 167 Å². The molecule has 1 saturated heterocycles. The molecule has 3 rings (SSSR count). The second-order valence-corrected chi connectivity index (χ2v) is 6.73. The lowest BCUT2D eigenvalue weighted by Crippen LogP contribution is -2.51. The summed E-state index contributed by atoms with van der Waals surface area (Å²) >= 11 is 0. The molecule has 1 fully saturated rings. The molecule has 0 bridgehead atoms. The summed E-state index contributed by atoms with van der Waals surface area (Å²) in [5.41, 5.74) is 1.31. The number of amides is 2. The third-order valence-electron chi connectivity index (χ3n) is 4.69. The van der Waals surface area contributed by atoms with Crippen molar-refractivity contribution in [1.29, 1.82) is 0 Å². The lowest BCUT2D eigenvalue weighted by atomic mass is 10.2. The van der Waals surface area contributed by atoms with E-state index < -0.39 is 0 Å². The molecule has 1 heterocycles. The number of hydrogen-bond donors (Lipinski definition) is 1. The van der Waals surface area contributed by atoms with Crippen LogP contribution in [0, 0.1) is 0 Å². The second-order valence-electron chi connectivity index (χ2n) is 6.73. The summed E-state index contributed by atoms with van der Waals surface area (Å²) in [6, 6.07) is 17.9. The lowest BCUT2D eigenvalue weighted by molar-refractivity contribution is 0.134. The standard InChI is InChI=1S/C22H29N3O3/c1-2-27-20-8-10-21(11-9-20)28-17-12-23-22(26)25-15-13-24(14-16-25)18-19-6-4-3-5-7-19/h3-11H,2,12-18H2,1H3,(H,23,26). The van der Waals surface area contributed by atoms with E-state index >= 15 is 0 Å². The van der Waals surface area contributed by atoms with Crippen LogP contribution in [-0.2, 0) is 6.54 Å². The Kier molecular flexibility index (Phi) is 7.55. The van der Waals surface area contributed by atoms with Gasteiger partial charge < -0.3 is 19.7 Å².